The first-order valence-corrected chi connectivity index (χ1v) is 10.3. The number of carbonyl (C=O) groups excluding carboxylic acids is 2. The molecule has 0 aliphatic heterocycles. The zero-order valence-corrected chi connectivity index (χ0v) is 15.4. The summed E-state index contributed by atoms with van der Waals surface area (Å²) in [6.45, 7) is 0. The molecule has 0 amide bonds. The molecular weight excluding hydrogens is 416 g/mol. The summed E-state index contributed by atoms with van der Waals surface area (Å²) in [7, 11) is -10.4. The monoisotopic (exact) mass is 428 g/mol. The van der Waals surface area contributed by atoms with Crippen molar-refractivity contribution in [3.63, 3.8) is 0 Å². The van der Waals surface area contributed by atoms with Crippen molar-refractivity contribution >= 4 is 31.8 Å². The number of aliphatic hydroxyl groups excluding tert-OH is 2. The minimum atomic E-state index is -5.20. The number of hydrogen-bond donors (Lipinski definition) is 2. The van der Waals surface area contributed by atoms with E-state index in [-0.39, 0.29) is 11.1 Å². The van der Waals surface area contributed by atoms with Gasteiger partial charge >= 0.3 is 0 Å². The Balaban J connectivity index is 2.23. The third-order valence-corrected chi connectivity index (χ3v) is 5.19. The lowest BCUT2D eigenvalue weighted by Crippen LogP contribution is -2.29. The number of Topliss-reactive ketones (excluding diaryl/α,β-unsaturated/α-hetero) is 2. The van der Waals surface area contributed by atoms with Crippen LogP contribution in [0.1, 0.15) is 20.7 Å². The van der Waals surface area contributed by atoms with Crippen LogP contribution in [0.5, 0.6) is 0 Å². The van der Waals surface area contributed by atoms with Gasteiger partial charge < -0.3 is 19.3 Å². The summed E-state index contributed by atoms with van der Waals surface area (Å²) in [6.07, 6.45) is 0. The average molecular weight is 428 g/mol. The van der Waals surface area contributed by atoms with Crippen LogP contribution in [-0.4, -0.2) is 58.6 Å². The fourth-order valence-corrected chi connectivity index (χ4v) is 3.00. The molecule has 10 nitrogen and oxygen atoms in total. The minimum absolute atomic E-state index is 0.216. The van der Waals surface area contributed by atoms with Crippen molar-refractivity contribution in [3.8, 4) is 11.1 Å². The van der Waals surface area contributed by atoms with Gasteiger partial charge in [0, 0.05) is 11.1 Å². The van der Waals surface area contributed by atoms with Crippen LogP contribution in [0, 0.1) is 0 Å². The van der Waals surface area contributed by atoms with Gasteiger partial charge in [-0.1, -0.05) is 48.5 Å². The lowest BCUT2D eigenvalue weighted by atomic mass is 10.0. The maximum atomic E-state index is 11.7. The summed E-state index contributed by atoms with van der Waals surface area (Å²) in [6, 6.07) is 10.2. The zero-order chi connectivity index (χ0) is 21.3. The summed E-state index contributed by atoms with van der Waals surface area (Å²) in [4.78, 5) is 23.5. The molecule has 0 fully saturated rings. The van der Waals surface area contributed by atoms with Gasteiger partial charge in [-0.25, -0.2) is 16.8 Å². The maximum Gasteiger partial charge on any atom is 0.207 e. The van der Waals surface area contributed by atoms with E-state index in [1.54, 1.807) is 0 Å². The molecule has 0 aliphatic rings. The quantitative estimate of drug-likeness (QED) is 0.427. The number of aliphatic hydroxyl groups is 2. The first kappa shape index (κ1) is 21.8. The van der Waals surface area contributed by atoms with Crippen molar-refractivity contribution in [1.82, 2.24) is 0 Å². The fraction of sp³-hybridized carbons (Fsp3) is 0.125. The van der Waals surface area contributed by atoms with E-state index in [2.05, 4.69) is 0 Å². The highest BCUT2D eigenvalue weighted by molar-refractivity contribution is 7.87. The average Bonchev–Trinajstić information content (AvgIpc) is 2.64. The highest BCUT2D eigenvalue weighted by Crippen LogP contribution is 2.22. The molecule has 0 aliphatic carbocycles. The molecule has 2 aromatic carbocycles. The van der Waals surface area contributed by atoms with Crippen molar-refractivity contribution in [2.45, 2.75) is 10.9 Å². The van der Waals surface area contributed by atoms with E-state index in [4.69, 9.17) is 0 Å². The molecule has 0 saturated carbocycles. The summed E-state index contributed by atoms with van der Waals surface area (Å²) in [5.74, 6) is -2.56. The van der Waals surface area contributed by atoms with Crippen LogP contribution in [-0.2, 0) is 20.2 Å². The fourth-order valence-electron chi connectivity index (χ4n) is 2.20. The van der Waals surface area contributed by atoms with Gasteiger partial charge in [0.05, 0.1) is 0 Å². The number of carbonyl (C=O) groups is 2. The number of rotatable bonds is 7. The Bertz CT molecular complexity index is 1010. The Hall–Kier alpha value is -2.48. The highest BCUT2D eigenvalue weighted by Gasteiger charge is 2.24. The molecule has 0 radical (unpaired) electrons. The number of ketones is 2. The standard InChI is InChI=1S/C16H14O10S2/c17-13(15(19)27(21,22)23)11-5-1-9(2-6-11)10-3-7-12(8-4-10)14(18)16(20)28(24,25)26/h1-8,15-16,19-20H,(H,21,22,23)(H,24,25,26)/p-2. The molecule has 0 heterocycles. The lowest BCUT2D eigenvalue weighted by molar-refractivity contribution is 0.0840. The predicted octanol–water partition coefficient (Wildman–Crippen LogP) is -0.554. The van der Waals surface area contributed by atoms with Gasteiger partial charge in [0.2, 0.25) is 22.4 Å². The van der Waals surface area contributed by atoms with Gasteiger partial charge in [0.15, 0.2) is 0 Å². The molecule has 2 N–H and O–H groups in total. The number of benzene rings is 2. The van der Waals surface area contributed by atoms with E-state index in [0.717, 1.165) is 0 Å². The molecule has 0 spiro atoms. The summed E-state index contributed by atoms with van der Waals surface area (Å²) < 4.78 is 64.2. The first-order valence-electron chi connectivity index (χ1n) is 7.37. The molecule has 2 unspecified atom stereocenters. The van der Waals surface area contributed by atoms with E-state index in [1.165, 1.54) is 48.5 Å². The molecule has 0 aromatic heterocycles. The molecule has 0 bridgehead atoms. The molecule has 28 heavy (non-hydrogen) atoms. The second-order valence-electron chi connectivity index (χ2n) is 5.57. The minimum Gasteiger partial charge on any atom is -0.746 e. The van der Waals surface area contributed by atoms with Crippen LogP contribution in [0.4, 0.5) is 0 Å². The molecule has 2 aromatic rings. The second-order valence-corrected chi connectivity index (χ2v) is 8.44. The normalized spacial score (nSPS) is 14.3. The van der Waals surface area contributed by atoms with Crippen LogP contribution in [0.3, 0.4) is 0 Å². The van der Waals surface area contributed by atoms with E-state index < -0.39 is 42.7 Å². The van der Waals surface area contributed by atoms with Crippen LogP contribution < -0.4 is 0 Å². The van der Waals surface area contributed by atoms with Crippen LogP contribution in [0.25, 0.3) is 11.1 Å². The van der Waals surface area contributed by atoms with E-state index in [0.29, 0.717) is 11.1 Å². The van der Waals surface area contributed by atoms with Crippen molar-refractivity contribution < 1.29 is 45.7 Å². The Morgan fingerprint density at radius 3 is 1.11 bits per heavy atom. The number of hydrogen-bond acceptors (Lipinski definition) is 10. The Kier molecular flexibility index (Phi) is 6.13. The predicted molar refractivity (Wildman–Crippen MR) is 91.9 cm³/mol. The Morgan fingerprint density at radius 2 is 0.893 bits per heavy atom. The smallest absolute Gasteiger partial charge is 0.207 e. The molecule has 2 atom stereocenters. The van der Waals surface area contributed by atoms with Gasteiger partial charge in [-0.05, 0) is 11.1 Å². The Morgan fingerprint density at radius 1 is 0.643 bits per heavy atom. The Labute approximate surface area is 159 Å². The highest BCUT2D eigenvalue weighted by atomic mass is 32.2. The summed E-state index contributed by atoms with van der Waals surface area (Å²) >= 11 is 0. The second kappa shape index (κ2) is 7.87. The maximum absolute atomic E-state index is 11.7. The van der Waals surface area contributed by atoms with Crippen molar-refractivity contribution in [2.24, 2.45) is 0 Å². The summed E-state index contributed by atoms with van der Waals surface area (Å²) in [5.41, 5.74) is -4.88. The van der Waals surface area contributed by atoms with Crippen LogP contribution >= 0.6 is 0 Å². The van der Waals surface area contributed by atoms with Crippen molar-refractivity contribution in [2.75, 3.05) is 0 Å². The lowest BCUT2D eigenvalue weighted by Gasteiger charge is -2.14. The van der Waals surface area contributed by atoms with Crippen LogP contribution in [0.2, 0.25) is 0 Å². The van der Waals surface area contributed by atoms with Gasteiger partial charge in [0.1, 0.15) is 20.2 Å². The molecule has 12 heteroatoms. The zero-order valence-electron chi connectivity index (χ0n) is 13.8. The van der Waals surface area contributed by atoms with Gasteiger partial charge in [-0.2, -0.15) is 0 Å². The molecule has 2 rings (SSSR count). The SMILES string of the molecule is O=C(c1ccc(-c2ccc(C(=O)C(O)S(=O)(=O)[O-])cc2)cc1)C(O)S(=O)(=O)[O-]. The topological polar surface area (TPSA) is 189 Å². The van der Waals surface area contributed by atoms with Gasteiger partial charge in [-0.3, -0.25) is 9.59 Å². The summed E-state index contributed by atoms with van der Waals surface area (Å²) in [5, 5.41) is 18.4. The van der Waals surface area contributed by atoms with Gasteiger partial charge in [0.25, 0.3) is 0 Å². The van der Waals surface area contributed by atoms with E-state index in [9.17, 15) is 45.7 Å². The largest absolute Gasteiger partial charge is 0.746 e. The molecule has 150 valence electrons. The third-order valence-electron chi connectivity index (χ3n) is 3.67. The van der Waals surface area contributed by atoms with E-state index >= 15 is 0 Å². The van der Waals surface area contributed by atoms with Crippen molar-refractivity contribution in [3.05, 3.63) is 59.7 Å². The van der Waals surface area contributed by atoms with Crippen LogP contribution in [0.15, 0.2) is 48.5 Å². The van der Waals surface area contributed by atoms with Crippen molar-refractivity contribution in [1.29, 1.82) is 0 Å². The first-order chi connectivity index (χ1) is 12.8. The third kappa shape index (κ3) is 4.86. The van der Waals surface area contributed by atoms with Gasteiger partial charge in [-0.15, -0.1) is 0 Å². The molecular formula is C16H12O10S2-2. The molecule has 0 saturated heterocycles. The van der Waals surface area contributed by atoms with E-state index in [1.807, 2.05) is 0 Å².